The number of ether oxygens (including phenoxy) is 2. The standard InChI is InChI=1S/C19H22N4O5S2/c1-3-23-16-5-4-14(30(25,26)22-6-8-27-9-7-22)10-15(16)21-18(23)12-28-19(24)17-11-20-13(2)29-17/h4-5,10-11H,3,6-9,12H2,1-2H3. The van der Waals surface area contributed by atoms with Crippen molar-refractivity contribution in [3.63, 3.8) is 0 Å². The molecular formula is C19H22N4O5S2. The molecule has 4 rings (SSSR count). The second kappa shape index (κ2) is 8.42. The minimum atomic E-state index is -3.61. The molecule has 0 radical (unpaired) electrons. The molecule has 9 nitrogen and oxygen atoms in total. The maximum absolute atomic E-state index is 12.9. The van der Waals surface area contributed by atoms with Crippen LogP contribution in [0.15, 0.2) is 29.3 Å². The number of nitrogens with zero attached hydrogens (tertiary/aromatic N) is 4. The van der Waals surface area contributed by atoms with Gasteiger partial charge in [0.1, 0.15) is 17.3 Å². The molecular weight excluding hydrogens is 428 g/mol. The number of benzene rings is 1. The lowest BCUT2D eigenvalue weighted by Gasteiger charge is -2.26. The molecule has 3 heterocycles. The summed E-state index contributed by atoms with van der Waals surface area (Å²) in [6.45, 7) is 5.83. The first-order valence-electron chi connectivity index (χ1n) is 9.56. The van der Waals surface area contributed by atoms with E-state index in [-0.39, 0.29) is 11.5 Å². The van der Waals surface area contributed by atoms with Gasteiger partial charge in [-0.2, -0.15) is 4.31 Å². The molecule has 30 heavy (non-hydrogen) atoms. The van der Waals surface area contributed by atoms with Crippen LogP contribution in [0.2, 0.25) is 0 Å². The molecule has 0 atom stereocenters. The highest BCUT2D eigenvalue weighted by atomic mass is 32.2. The van der Waals surface area contributed by atoms with Gasteiger partial charge in [0.25, 0.3) is 0 Å². The zero-order chi connectivity index (χ0) is 21.3. The average molecular weight is 451 g/mol. The van der Waals surface area contributed by atoms with E-state index in [4.69, 9.17) is 9.47 Å². The van der Waals surface area contributed by atoms with Crippen molar-refractivity contribution in [3.8, 4) is 0 Å². The molecule has 1 aliphatic rings. The Morgan fingerprint density at radius 1 is 1.30 bits per heavy atom. The van der Waals surface area contributed by atoms with Crippen molar-refractivity contribution in [2.45, 2.75) is 31.9 Å². The third-order valence-electron chi connectivity index (χ3n) is 4.88. The molecule has 1 fully saturated rings. The van der Waals surface area contributed by atoms with Gasteiger partial charge in [0.15, 0.2) is 0 Å². The van der Waals surface area contributed by atoms with Crippen LogP contribution in [0.1, 0.15) is 27.4 Å². The molecule has 3 aromatic rings. The quantitative estimate of drug-likeness (QED) is 0.530. The van der Waals surface area contributed by atoms with Crippen molar-refractivity contribution in [1.82, 2.24) is 18.8 Å². The Hall–Kier alpha value is -2.34. The predicted octanol–water partition coefficient (Wildman–Crippen LogP) is 2.20. The number of esters is 1. The summed E-state index contributed by atoms with van der Waals surface area (Å²) >= 11 is 1.27. The number of hydrogen-bond donors (Lipinski definition) is 0. The Kier molecular flexibility index (Phi) is 5.87. The molecule has 0 unspecified atom stereocenters. The SMILES string of the molecule is CCn1c(COC(=O)c2cnc(C)s2)nc2cc(S(=O)(=O)N3CCOCC3)ccc21. The zero-order valence-corrected chi connectivity index (χ0v) is 18.3. The van der Waals surface area contributed by atoms with Crippen LogP contribution in [0.3, 0.4) is 0 Å². The van der Waals surface area contributed by atoms with Crippen molar-refractivity contribution in [2.24, 2.45) is 0 Å². The highest BCUT2D eigenvalue weighted by Gasteiger charge is 2.27. The first kappa shape index (κ1) is 20.9. The number of carbonyl (C=O) groups excluding carboxylic acids is 1. The molecule has 0 spiro atoms. The Bertz CT molecular complexity index is 1180. The van der Waals surface area contributed by atoms with Gasteiger partial charge in [-0.05, 0) is 32.0 Å². The van der Waals surface area contributed by atoms with Gasteiger partial charge in [-0.25, -0.2) is 23.2 Å². The number of sulfonamides is 1. The first-order chi connectivity index (χ1) is 14.4. The Balaban J connectivity index is 1.59. The molecule has 0 amide bonds. The Morgan fingerprint density at radius 3 is 2.73 bits per heavy atom. The summed E-state index contributed by atoms with van der Waals surface area (Å²) in [6.07, 6.45) is 1.49. The van der Waals surface area contributed by atoms with Crippen LogP contribution in [0, 0.1) is 6.92 Å². The van der Waals surface area contributed by atoms with E-state index in [0.717, 1.165) is 10.5 Å². The summed E-state index contributed by atoms with van der Waals surface area (Å²) < 4.78 is 39.8. The van der Waals surface area contributed by atoms with Crippen molar-refractivity contribution in [2.75, 3.05) is 26.3 Å². The van der Waals surface area contributed by atoms with E-state index in [1.165, 1.54) is 21.8 Å². The normalized spacial score (nSPS) is 15.5. The van der Waals surface area contributed by atoms with E-state index in [1.54, 1.807) is 18.2 Å². The molecule has 1 saturated heterocycles. The summed E-state index contributed by atoms with van der Waals surface area (Å²) in [5.41, 5.74) is 1.34. The van der Waals surface area contributed by atoms with Gasteiger partial charge in [-0.3, -0.25) is 0 Å². The van der Waals surface area contributed by atoms with Crippen LogP contribution in [0.5, 0.6) is 0 Å². The lowest BCUT2D eigenvalue weighted by Crippen LogP contribution is -2.40. The molecule has 160 valence electrons. The van der Waals surface area contributed by atoms with Crippen molar-refractivity contribution >= 4 is 38.4 Å². The van der Waals surface area contributed by atoms with Crippen LogP contribution in [-0.4, -0.2) is 59.5 Å². The van der Waals surface area contributed by atoms with Crippen LogP contribution < -0.4 is 0 Å². The largest absolute Gasteiger partial charge is 0.453 e. The van der Waals surface area contributed by atoms with Gasteiger partial charge < -0.3 is 14.0 Å². The lowest BCUT2D eigenvalue weighted by atomic mass is 10.3. The van der Waals surface area contributed by atoms with Gasteiger partial charge in [0.05, 0.1) is 40.3 Å². The summed E-state index contributed by atoms with van der Waals surface area (Å²) in [6, 6.07) is 4.91. The number of aryl methyl sites for hydroxylation is 2. The van der Waals surface area contributed by atoms with Crippen LogP contribution in [-0.2, 0) is 32.6 Å². The molecule has 11 heteroatoms. The number of thiazole rings is 1. The van der Waals surface area contributed by atoms with E-state index >= 15 is 0 Å². The summed E-state index contributed by atoms with van der Waals surface area (Å²) in [5, 5.41) is 0.789. The van der Waals surface area contributed by atoms with Crippen molar-refractivity contribution < 1.29 is 22.7 Å². The molecule has 0 aliphatic carbocycles. The highest BCUT2D eigenvalue weighted by Crippen LogP contribution is 2.24. The maximum atomic E-state index is 12.9. The maximum Gasteiger partial charge on any atom is 0.350 e. The van der Waals surface area contributed by atoms with Crippen molar-refractivity contribution in [1.29, 1.82) is 0 Å². The highest BCUT2D eigenvalue weighted by molar-refractivity contribution is 7.89. The second-order valence-electron chi connectivity index (χ2n) is 6.76. The third-order valence-corrected chi connectivity index (χ3v) is 7.67. The molecule has 0 N–H and O–H groups in total. The number of aromatic nitrogens is 3. The number of imidazole rings is 1. The van der Waals surface area contributed by atoms with E-state index in [9.17, 15) is 13.2 Å². The smallest absolute Gasteiger partial charge is 0.350 e. The number of rotatable bonds is 6. The lowest BCUT2D eigenvalue weighted by molar-refractivity contribution is 0.0464. The fraction of sp³-hybridized carbons (Fsp3) is 0.421. The van der Waals surface area contributed by atoms with Gasteiger partial charge in [0, 0.05) is 19.6 Å². The fourth-order valence-corrected chi connectivity index (χ4v) is 5.48. The zero-order valence-electron chi connectivity index (χ0n) is 16.7. The second-order valence-corrected chi connectivity index (χ2v) is 9.93. The van der Waals surface area contributed by atoms with Crippen LogP contribution >= 0.6 is 11.3 Å². The van der Waals surface area contributed by atoms with Gasteiger partial charge in [-0.1, -0.05) is 0 Å². The van der Waals surface area contributed by atoms with Crippen LogP contribution in [0.4, 0.5) is 0 Å². The van der Waals surface area contributed by atoms with E-state index in [0.29, 0.717) is 49.1 Å². The topological polar surface area (TPSA) is 104 Å². The summed E-state index contributed by atoms with van der Waals surface area (Å²) in [7, 11) is -3.61. The van der Waals surface area contributed by atoms with E-state index in [1.807, 2.05) is 18.4 Å². The number of morpholine rings is 1. The summed E-state index contributed by atoms with van der Waals surface area (Å²) in [5.74, 6) is 0.105. The molecule has 0 saturated carbocycles. The summed E-state index contributed by atoms with van der Waals surface area (Å²) in [4.78, 5) is 21.5. The minimum absolute atomic E-state index is 0.0101. The molecule has 2 aromatic heterocycles. The molecule has 1 aromatic carbocycles. The average Bonchev–Trinajstić information content (AvgIpc) is 3.35. The third kappa shape index (κ3) is 3.97. The van der Waals surface area contributed by atoms with Gasteiger partial charge in [0.2, 0.25) is 10.0 Å². The van der Waals surface area contributed by atoms with Crippen molar-refractivity contribution in [3.05, 3.63) is 40.1 Å². The number of fused-ring (bicyclic) bond motifs is 1. The minimum Gasteiger partial charge on any atom is -0.453 e. The Morgan fingerprint density at radius 2 is 2.07 bits per heavy atom. The number of carbonyl (C=O) groups is 1. The molecule has 0 bridgehead atoms. The van der Waals surface area contributed by atoms with Gasteiger partial charge >= 0.3 is 5.97 Å². The number of hydrogen-bond acceptors (Lipinski definition) is 8. The molecule has 1 aliphatic heterocycles. The van der Waals surface area contributed by atoms with E-state index < -0.39 is 16.0 Å². The van der Waals surface area contributed by atoms with E-state index in [2.05, 4.69) is 9.97 Å². The Labute approximate surface area is 178 Å². The monoisotopic (exact) mass is 450 g/mol. The predicted molar refractivity (Wildman–Crippen MR) is 111 cm³/mol. The fourth-order valence-electron chi connectivity index (χ4n) is 3.38. The van der Waals surface area contributed by atoms with Gasteiger partial charge in [-0.15, -0.1) is 11.3 Å². The van der Waals surface area contributed by atoms with Crippen LogP contribution in [0.25, 0.3) is 11.0 Å². The first-order valence-corrected chi connectivity index (χ1v) is 11.8.